The summed E-state index contributed by atoms with van der Waals surface area (Å²) in [5.74, 6) is 0.199. The summed E-state index contributed by atoms with van der Waals surface area (Å²) in [6, 6.07) is 5.00. The molecular formula is C11H12ClNO2. The summed E-state index contributed by atoms with van der Waals surface area (Å²) in [7, 11) is 0. The van der Waals surface area contributed by atoms with E-state index >= 15 is 0 Å². The van der Waals surface area contributed by atoms with Gasteiger partial charge in [-0.05, 0) is 24.1 Å². The Labute approximate surface area is 94.2 Å². The Hall–Kier alpha value is -1.22. The fraction of sp³-hybridized carbons (Fsp3) is 0.273. The van der Waals surface area contributed by atoms with Gasteiger partial charge >= 0.3 is 0 Å². The molecule has 4 heteroatoms. The highest BCUT2D eigenvalue weighted by molar-refractivity contribution is 6.30. The normalized spacial score (nSPS) is 10.0. The van der Waals surface area contributed by atoms with E-state index in [4.69, 9.17) is 29.0 Å². The molecule has 0 saturated heterocycles. The van der Waals surface area contributed by atoms with Crippen LogP contribution in [0.5, 0.6) is 5.75 Å². The molecule has 0 aromatic heterocycles. The first-order chi connectivity index (χ1) is 7.09. The van der Waals surface area contributed by atoms with Gasteiger partial charge in [0.2, 0.25) is 5.91 Å². The number of halogens is 1. The van der Waals surface area contributed by atoms with Gasteiger partial charge in [0.05, 0.1) is 6.61 Å². The fourth-order valence-electron chi connectivity index (χ4n) is 1.06. The number of rotatable bonds is 5. The van der Waals surface area contributed by atoms with Gasteiger partial charge in [-0.1, -0.05) is 17.7 Å². The first-order valence-corrected chi connectivity index (χ1v) is 4.93. The highest BCUT2D eigenvalue weighted by Crippen LogP contribution is 2.22. The Balaban J connectivity index is 2.43. The van der Waals surface area contributed by atoms with Gasteiger partial charge in [-0.3, -0.25) is 4.79 Å². The molecular weight excluding hydrogens is 214 g/mol. The van der Waals surface area contributed by atoms with E-state index in [1.807, 2.05) is 0 Å². The highest BCUT2D eigenvalue weighted by Gasteiger charge is 2.01. The molecule has 2 radical (unpaired) electrons. The third kappa shape index (κ3) is 4.21. The Morgan fingerprint density at radius 1 is 1.53 bits per heavy atom. The van der Waals surface area contributed by atoms with Crippen molar-refractivity contribution < 1.29 is 9.53 Å². The molecule has 3 nitrogen and oxygen atoms in total. The van der Waals surface area contributed by atoms with Gasteiger partial charge in [0.1, 0.15) is 5.75 Å². The summed E-state index contributed by atoms with van der Waals surface area (Å²) in [6.07, 6.45) is 0.877. The van der Waals surface area contributed by atoms with Gasteiger partial charge in [0.25, 0.3) is 0 Å². The number of benzene rings is 1. The van der Waals surface area contributed by atoms with Crippen molar-refractivity contribution in [3.05, 3.63) is 35.7 Å². The SMILES string of the molecule is [CH]c1ccc(Cl)cc1OCCCC(N)=O. The molecule has 0 fully saturated rings. The van der Waals surface area contributed by atoms with E-state index in [0.29, 0.717) is 35.8 Å². The maximum absolute atomic E-state index is 10.5. The third-order valence-electron chi connectivity index (χ3n) is 1.80. The van der Waals surface area contributed by atoms with Crippen LogP contribution in [-0.2, 0) is 4.79 Å². The monoisotopic (exact) mass is 225 g/mol. The summed E-state index contributed by atoms with van der Waals surface area (Å²) in [5.41, 5.74) is 5.51. The Morgan fingerprint density at radius 3 is 2.93 bits per heavy atom. The van der Waals surface area contributed by atoms with Crippen LogP contribution in [-0.4, -0.2) is 12.5 Å². The second-order valence-electron chi connectivity index (χ2n) is 3.10. The zero-order valence-electron chi connectivity index (χ0n) is 8.20. The average Bonchev–Trinajstić information content (AvgIpc) is 2.17. The van der Waals surface area contributed by atoms with E-state index in [0.717, 1.165) is 0 Å². The van der Waals surface area contributed by atoms with Crippen LogP contribution in [0, 0.1) is 6.92 Å². The van der Waals surface area contributed by atoms with Crippen LogP contribution in [0.3, 0.4) is 0 Å². The molecule has 0 aliphatic carbocycles. The van der Waals surface area contributed by atoms with E-state index in [-0.39, 0.29) is 5.91 Å². The van der Waals surface area contributed by atoms with Crippen LogP contribution < -0.4 is 10.5 Å². The van der Waals surface area contributed by atoms with E-state index in [1.54, 1.807) is 18.2 Å². The second kappa shape index (κ2) is 5.61. The number of ether oxygens (including phenoxy) is 1. The van der Waals surface area contributed by atoms with E-state index in [2.05, 4.69) is 0 Å². The van der Waals surface area contributed by atoms with Gasteiger partial charge < -0.3 is 10.5 Å². The maximum atomic E-state index is 10.5. The molecule has 2 N–H and O–H groups in total. The minimum atomic E-state index is -0.335. The number of amides is 1. The first kappa shape index (κ1) is 11.9. The number of hydrogen-bond acceptors (Lipinski definition) is 2. The molecule has 0 aliphatic heterocycles. The number of primary amides is 1. The topological polar surface area (TPSA) is 52.3 Å². The molecule has 15 heavy (non-hydrogen) atoms. The number of hydrogen-bond donors (Lipinski definition) is 1. The van der Waals surface area contributed by atoms with Gasteiger partial charge in [0, 0.05) is 18.4 Å². The van der Waals surface area contributed by atoms with Crippen LogP contribution in [0.25, 0.3) is 0 Å². The predicted octanol–water partition coefficient (Wildman–Crippen LogP) is 2.04. The third-order valence-corrected chi connectivity index (χ3v) is 2.04. The van der Waals surface area contributed by atoms with Crippen molar-refractivity contribution in [1.82, 2.24) is 0 Å². The molecule has 1 aromatic carbocycles. The number of nitrogens with two attached hydrogens (primary N) is 1. The zero-order valence-corrected chi connectivity index (χ0v) is 8.96. The lowest BCUT2D eigenvalue weighted by Gasteiger charge is -2.08. The summed E-state index contributed by atoms with van der Waals surface area (Å²) >= 11 is 5.77. The molecule has 1 aromatic rings. The van der Waals surface area contributed by atoms with Crippen LogP contribution in [0.1, 0.15) is 18.4 Å². The lowest BCUT2D eigenvalue weighted by atomic mass is 10.2. The molecule has 1 rings (SSSR count). The van der Waals surface area contributed by atoms with Gasteiger partial charge in [-0.2, -0.15) is 0 Å². The lowest BCUT2D eigenvalue weighted by Crippen LogP contribution is -2.11. The van der Waals surface area contributed by atoms with Crippen LogP contribution in [0.2, 0.25) is 5.02 Å². The van der Waals surface area contributed by atoms with Crippen molar-refractivity contribution in [2.45, 2.75) is 12.8 Å². The minimum absolute atomic E-state index is 0.306. The van der Waals surface area contributed by atoms with E-state index in [9.17, 15) is 4.79 Å². The largest absolute Gasteiger partial charge is 0.493 e. The standard InChI is InChI=1S/C11H12ClNO2/c1-8-4-5-9(12)7-10(8)15-6-2-3-11(13)14/h1,4-5,7H,2-3,6H2,(H2,13,14). The molecule has 0 atom stereocenters. The predicted molar refractivity (Wildman–Crippen MR) is 58.8 cm³/mol. The maximum Gasteiger partial charge on any atom is 0.217 e. The van der Waals surface area contributed by atoms with Gasteiger partial charge in [-0.15, -0.1) is 0 Å². The second-order valence-corrected chi connectivity index (χ2v) is 3.54. The summed E-state index contributed by atoms with van der Waals surface area (Å²) < 4.78 is 5.35. The minimum Gasteiger partial charge on any atom is -0.493 e. The quantitative estimate of drug-likeness (QED) is 0.780. The van der Waals surface area contributed by atoms with E-state index < -0.39 is 0 Å². The van der Waals surface area contributed by atoms with Crippen molar-refractivity contribution in [3.63, 3.8) is 0 Å². The molecule has 0 bridgehead atoms. The van der Waals surface area contributed by atoms with Crippen molar-refractivity contribution >= 4 is 17.5 Å². The molecule has 0 spiro atoms. The van der Waals surface area contributed by atoms with Crippen LogP contribution in [0.15, 0.2) is 18.2 Å². The Morgan fingerprint density at radius 2 is 2.27 bits per heavy atom. The summed E-state index contributed by atoms with van der Waals surface area (Å²) in [4.78, 5) is 10.5. The molecule has 1 amide bonds. The molecule has 0 aliphatic rings. The number of carbonyl (C=O) groups excluding carboxylic acids is 1. The highest BCUT2D eigenvalue weighted by atomic mass is 35.5. The smallest absolute Gasteiger partial charge is 0.217 e. The summed E-state index contributed by atoms with van der Waals surface area (Å²) in [5, 5.41) is 0.564. The van der Waals surface area contributed by atoms with E-state index in [1.165, 1.54) is 0 Å². The zero-order chi connectivity index (χ0) is 11.3. The van der Waals surface area contributed by atoms with Gasteiger partial charge in [0.15, 0.2) is 0 Å². The van der Waals surface area contributed by atoms with Crippen molar-refractivity contribution in [2.24, 2.45) is 5.73 Å². The van der Waals surface area contributed by atoms with Crippen LogP contribution in [0.4, 0.5) is 0 Å². The number of carbonyl (C=O) groups is 1. The molecule has 0 saturated carbocycles. The van der Waals surface area contributed by atoms with Crippen molar-refractivity contribution in [1.29, 1.82) is 0 Å². The lowest BCUT2D eigenvalue weighted by molar-refractivity contribution is -0.118. The Bertz CT molecular complexity index is 352. The van der Waals surface area contributed by atoms with Gasteiger partial charge in [-0.25, -0.2) is 0 Å². The molecule has 0 unspecified atom stereocenters. The molecule has 0 heterocycles. The van der Waals surface area contributed by atoms with Crippen molar-refractivity contribution in [3.8, 4) is 5.75 Å². The first-order valence-electron chi connectivity index (χ1n) is 4.55. The van der Waals surface area contributed by atoms with Crippen molar-refractivity contribution in [2.75, 3.05) is 6.61 Å². The fourth-order valence-corrected chi connectivity index (χ4v) is 1.22. The average molecular weight is 226 g/mol. The summed E-state index contributed by atoms with van der Waals surface area (Å²) in [6.45, 7) is 6.05. The Kier molecular flexibility index (Phi) is 4.43. The molecule has 80 valence electrons. The van der Waals surface area contributed by atoms with Crippen LogP contribution >= 0.6 is 11.6 Å².